The quantitative estimate of drug-likeness (QED) is 0.806. The van der Waals surface area contributed by atoms with Crippen LogP contribution in [0.15, 0.2) is 59.5 Å². The summed E-state index contributed by atoms with van der Waals surface area (Å²) in [5.74, 6) is -0.0832. The molecule has 0 bridgehead atoms. The molecule has 3 aromatic rings. The van der Waals surface area contributed by atoms with Crippen LogP contribution < -0.4 is 10.7 Å². The molecule has 1 aromatic heterocycles. The van der Waals surface area contributed by atoms with Crippen LogP contribution in [0.25, 0.3) is 10.9 Å². The maximum atomic E-state index is 12.1. The van der Waals surface area contributed by atoms with Crippen molar-refractivity contribution in [2.45, 2.75) is 19.9 Å². The van der Waals surface area contributed by atoms with E-state index in [0.717, 1.165) is 16.8 Å². The highest BCUT2D eigenvalue weighted by Crippen LogP contribution is 2.11. The van der Waals surface area contributed by atoms with E-state index in [1.165, 1.54) is 6.20 Å². The molecule has 0 spiro atoms. The Hall–Kier alpha value is -2.95. The summed E-state index contributed by atoms with van der Waals surface area (Å²) in [6.45, 7) is 2.39. The number of anilines is 1. The lowest BCUT2D eigenvalue weighted by Gasteiger charge is -2.09. The summed E-state index contributed by atoms with van der Waals surface area (Å²) in [7, 11) is 0. The van der Waals surface area contributed by atoms with E-state index < -0.39 is 0 Å². The van der Waals surface area contributed by atoms with E-state index >= 15 is 0 Å². The third kappa shape index (κ3) is 3.45. The molecule has 0 unspecified atom stereocenters. The zero-order valence-electron chi connectivity index (χ0n) is 12.8. The molecule has 0 aliphatic heterocycles. The molecule has 1 amide bonds. The summed E-state index contributed by atoms with van der Waals surface area (Å²) >= 11 is 0. The summed E-state index contributed by atoms with van der Waals surface area (Å²) in [4.78, 5) is 23.9. The van der Waals surface area contributed by atoms with Gasteiger partial charge in [-0.3, -0.25) is 14.3 Å². The molecule has 0 aliphatic carbocycles. The van der Waals surface area contributed by atoms with Crippen LogP contribution in [0.3, 0.4) is 0 Å². The second kappa shape index (κ2) is 6.44. The minimum Gasteiger partial charge on any atom is -0.326 e. The van der Waals surface area contributed by atoms with Crippen molar-refractivity contribution in [1.29, 1.82) is 0 Å². The molecule has 0 radical (unpaired) electrons. The van der Waals surface area contributed by atoms with E-state index in [1.807, 2.05) is 49.4 Å². The number of rotatable bonds is 4. The van der Waals surface area contributed by atoms with Gasteiger partial charge >= 0.3 is 0 Å². The first-order valence-electron chi connectivity index (χ1n) is 7.45. The largest absolute Gasteiger partial charge is 0.326 e. The summed E-state index contributed by atoms with van der Waals surface area (Å²) in [5, 5.41) is 7.61. The Labute approximate surface area is 133 Å². The van der Waals surface area contributed by atoms with Crippen molar-refractivity contribution in [3.8, 4) is 0 Å². The van der Waals surface area contributed by atoms with Crippen LogP contribution in [0, 0.1) is 6.92 Å². The van der Waals surface area contributed by atoms with Crippen molar-refractivity contribution in [3.63, 3.8) is 0 Å². The maximum absolute atomic E-state index is 12.1. The molecule has 5 heteroatoms. The van der Waals surface area contributed by atoms with Gasteiger partial charge in [0, 0.05) is 17.5 Å². The van der Waals surface area contributed by atoms with E-state index in [-0.39, 0.29) is 17.8 Å². The van der Waals surface area contributed by atoms with Gasteiger partial charge < -0.3 is 5.32 Å². The molecule has 1 N–H and O–H groups in total. The van der Waals surface area contributed by atoms with E-state index in [9.17, 15) is 9.59 Å². The van der Waals surface area contributed by atoms with E-state index in [2.05, 4.69) is 10.4 Å². The van der Waals surface area contributed by atoms with Gasteiger partial charge in [-0.15, -0.1) is 0 Å². The normalized spacial score (nSPS) is 10.7. The van der Waals surface area contributed by atoms with Gasteiger partial charge in [-0.25, -0.2) is 0 Å². The predicted octanol–water partition coefficient (Wildman–Crippen LogP) is 2.73. The number of fused-ring (bicyclic) bond motifs is 1. The Kier molecular flexibility index (Phi) is 4.19. The second-order valence-electron chi connectivity index (χ2n) is 5.42. The molecule has 3 rings (SSSR count). The van der Waals surface area contributed by atoms with E-state index in [0.29, 0.717) is 11.9 Å². The van der Waals surface area contributed by atoms with Gasteiger partial charge in [-0.05, 0) is 36.8 Å². The van der Waals surface area contributed by atoms with E-state index in [4.69, 9.17) is 0 Å². The summed E-state index contributed by atoms with van der Waals surface area (Å²) in [6, 6.07) is 14.9. The number of aryl methyl sites for hydroxylation is 2. The number of carbonyl (C=O) groups is 1. The molecular weight excluding hydrogens is 290 g/mol. The smallest absolute Gasteiger partial charge is 0.226 e. The maximum Gasteiger partial charge on any atom is 0.226 e. The fourth-order valence-corrected chi connectivity index (χ4v) is 2.49. The highest BCUT2D eigenvalue weighted by Gasteiger charge is 2.07. The number of aromatic nitrogens is 2. The molecule has 1 heterocycles. The molecule has 0 aliphatic rings. The van der Waals surface area contributed by atoms with Crippen LogP contribution in [-0.2, 0) is 11.3 Å². The summed E-state index contributed by atoms with van der Waals surface area (Å²) in [5.41, 5.74) is 2.51. The van der Waals surface area contributed by atoms with Crippen LogP contribution in [0.1, 0.15) is 12.0 Å². The molecule has 5 nitrogen and oxygen atoms in total. The number of para-hydroxylation sites is 1. The van der Waals surface area contributed by atoms with Gasteiger partial charge in [0.15, 0.2) is 0 Å². The first-order chi connectivity index (χ1) is 11.1. The molecule has 0 atom stereocenters. The first kappa shape index (κ1) is 15.0. The van der Waals surface area contributed by atoms with Crippen molar-refractivity contribution in [2.24, 2.45) is 0 Å². The average molecular weight is 307 g/mol. The molecule has 2 aromatic carbocycles. The van der Waals surface area contributed by atoms with Crippen molar-refractivity contribution in [2.75, 3.05) is 5.32 Å². The third-order valence-corrected chi connectivity index (χ3v) is 3.61. The highest BCUT2D eigenvalue weighted by atomic mass is 16.1. The fraction of sp³-hybridized carbons (Fsp3) is 0.167. The van der Waals surface area contributed by atoms with Crippen LogP contribution in [-0.4, -0.2) is 15.7 Å². The van der Waals surface area contributed by atoms with Crippen LogP contribution in [0.2, 0.25) is 0 Å². The number of nitrogens with zero attached hydrogens (tertiary/aromatic N) is 2. The summed E-state index contributed by atoms with van der Waals surface area (Å²) in [6.07, 6.45) is 1.58. The van der Waals surface area contributed by atoms with Gasteiger partial charge in [0.05, 0.1) is 18.3 Å². The van der Waals surface area contributed by atoms with Crippen molar-refractivity contribution in [1.82, 2.24) is 9.78 Å². The Balaban J connectivity index is 1.72. The molecule has 0 saturated carbocycles. The van der Waals surface area contributed by atoms with Gasteiger partial charge in [0.1, 0.15) is 0 Å². The van der Waals surface area contributed by atoms with Crippen molar-refractivity contribution < 1.29 is 4.79 Å². The van der Waals surface area contributed by atoms with Crippen LogP contribution >= 0.6 is 0 Å². The number of carbonyl (C=O) groups excluding carboxylic acids is 1. The van der Waals surface area contributed by atoms with Gasteiger partial charge in [-0.2, -0.15) is 5.10 Å². The lowest BCUT2D eigenvalue weighted by molar-refractivity contribution is -0.116. The van der Waals surface area contributed by atoms with Gasteiger partial charge in [0.2, 0.25) is 11.3 Å². The molecule has 0 fully saturated rings. The molecule has 0 saturated heterocycles. The number of benzene rings is 2. The van der Waals surface area contributed by atoms with Crippen molar-refractivity contribution >= 4 is 22.5 Å². The monoisotopic (exact) mass is 307 g/mol. The standard InChI is InChI=1S/C18H17N3O2/c1-13-5-4-6-14(11-13)20-18(23)9-10-21-16-8-3-2-7-15(16)17(22)12-19-21/h2-8,11-12H,9-10H2,1H3,(H,20,23). The Bertz CT molecular complexity index is 915. The minimum absolute atomic E-state index is 0.0832. The zero-order valence-corrected chi connectivity index (χ0v) is 12.8. The SMILES string of the molecule is Cc1cccc(NC(=O)CCn2ncc(=O)c3ccccc32)c1. The Morgan fingerprint density at radius 2 is 2.00 bits per heavy atom. The van der Waals surface area contributed by atoms with Crippen LogP contribution in [0.4, 0.5) is 5.69 Å². The predicted molar refractivity (Wildman–Crippen MR) is 90.4 cm³/mol. The molecule has 23 heavy (non-hydrogen) atoms. The van der Waals surface area contributed by atoms with Gasteiger partial charge in [-0.1, -0.05) is 24.3 Å². The highest BCUT2D eigenvalue weighted by molar-refractivity contribution is 5.90. The zero-order chi connectivity index (χ0) is 16.2. The lowest BCUT2D eigenvalue weighted by atomic mass is 10.2. The molecule has 116 valence electrons. The second-order valence-corrected chi connectivity index (χ2v) is 5.42. The number of nitrogens with one attached hydrogen (secondary N) is 1. The topological polar surface area (TPSA) is 64.0 Å². The fourth-order valence-electron chi connectivity index (χ4n) is 2.49. The Morgan fingerprint density at radius 1 is 1.17 bits per heavy atom. The number of hydrogen-bond acceptors (Lipinski definition) is 3. The van der Waals surface area contributed by atoms with E-state index in [1.54, 1.807) is 10.7 Å². The van der Waals surface area contributed by atoms with Crippen molar-refractivity contribution in [3.05, 3.63) is 70.5 Å². The minimum atomic E-state index is -0.110. The van der Waals surface area contributed by atoms with Gasteiger partial charge in [0.25, 0.3) is 0 Å². The Morgan fingerprint density at radius 3 is 2.83 bits per heavy atom. The lowest BCUT2D eigenvalue weighted by Crippen LogP contribution is -2.18. The average Bonchev–Trinajstić information content (AvgIpc) is 2.54. The summed E-state index contributed by atoms with van der Waals surface area (Å²) < 4.78 is 1.69. The van der Waals surface area contributed by atoms with Crippen LogP contribution in [0.5, 0.6) is 0 Å². The molecular formula is C18H17N3O2. The number of hydrogen-bond donors (Lipinski definition) is 1. The first-order valence-corrected chi connectivity index (χ1v) is 7.45. The number of amides is 1. The third-order valence-electron chi connectivity index (χ3n) is 3.61.